The monoisotopic (exact) mass is 638 g/mol. The maximum absolute atomic E-state index is 14.0. The van der Waals surface area contributed by atoms with Crippen LogP contribution in [0.25, 0.3) is 10.4 Å². The molecule has 1 aliphatic carbocycles. The summed E-state index contributed by atoms with van der Waals surface area (Å²) in [6, 6.07) is 14.0. The van der Waals surface area contributed by atoms with Gasteiger partial charge in [0.15, 0.2) is 0 Å². The normalized spacial score (nSPS) is 24.0. The second kappa shape index (κ2) is 12.6. The number of aromatic carboxylic acids is 1. The lowest BCUT2D eigenvalue weighted by molar-refractivity contribution is -0.121. The van der Waals surface area contributed by atoms with E-state index in [9.17, 15) is 23.1 Å². The quantitative estimate of drug-likeness (QED) is 0.379. The fourth-order valence-electron chi connectivity index (χ4n) is 6.83. The Morgan fingerprint density at radius 2 is 1.70 bits per heavy atom. The first-order valence-electron chi connectivity index (χ1n) is 15.2. The number of carbonyl (C=O) groups is 2. The number of nitrogens with zero attached hydrogens (tertiary/aromatic N) is 4. The van der Waals surface area contributed by atoms with Gasteiger partial charge in [-0.1, -0.05) is 49.6 Å². The maximum Gasteiger partial charge on any atom is 0.348 e. The van der Waals surface area contributed by atoms with E-state index in [1.807, 2.05) is 44.2 Å². The van der Waals surface area contributed by atoms with Crippen LogP contribution >= 0.6 is 11.3 Å². The number of aromatic nitrogens is 1. The van der Waals surface area contributed by atoms with Crippen molar-refractivity contribution in [2.45, 2.75) is 69.1 Å². The van der Waals surface area contributed by atoms with Gasteiger partial charge in [-0.05, 0) is 56.4 Å². The Kier molecular flexibility index (Phi) is 8.78. The van der Waals surface area contributed by atoms with Crippen molar-refractivity contribution in [1.82, 2.24) is 9.29 Å². The first-order chi connectivity index (χ1) is 21.1. The number of hydrogen-bond acceptors (Lipinski definition) is 8. The van der Waals surface area contributed by atoms with E-state index in [2.05, 4.69) is 9.88 Å². The standard InChI is InChI=1S/C32H38N4O6S2/c1-21-17-34(18-22(2)42-21)29-14-13-25(16-33-29)44(40,41)35-19-27(23-9-5-3-6-10-23)36(30(37)20-35)26-15-28(43-31(26)32(38)39)24-11-7-4-8-12-24/h4,7-8,11-16,21-23,27H,3,5-6,9-10,17-20H2,1-2H3,(H,38,39)/t21-,22+,27?. The van der Waals surface area contributed by atoms with E-state index in [0.29, 0.717) is 24.6 Å². The number of amides is 1. The van der Waals surface area contributed by atoms with E-state index in [4.69, 9.17) is 4.74 Å². The van der Waals surface area contributed by atoms with Gasteiger partial charge in [0.05, 0.1) is 30.5 Å². The highest BCUT2D eigenvalue weighted by molar-refractivity contribution is 7.89. The molecule has 1 aromatic carbocycles. The molecule has 3 fully saturated rings. The number of anilines is 2. The summed E-state index contributed by atoms with van der Waals surface area (Å²) in [6.07, 6.45) is 6.23. The summed E-state index contributed by atoms with van der Waals surface area (Å²) >= 11 is 1.14. The van der Waals surface area contributed by atoms with E-state index in [0.717, 1.165) is 53.9 Å². The van der Waals surface area contributed by atoms with Crippen molar-refractivity contribution in [3.63, 3.8) is 0 Å². The smallest absolute Gasteiger partial charge is 0.348 e. The number of rotatable bonds is 7. The van der Waals surface area contributed by atoms with Crippen molar-refractivity contribution in [1.29, 1.82) is 0 Å². The van der Waals surface area contributed by atoms with Gasteiger partial charge in [0, 0.05) is 30.7 Å². The number of carbonyl (C=O) groups excluding carboxylic acids is 1. The van der Waals surface area contributed by atoms with Crippen molar-refractivity contribution in [3.05, 3.63) is 59.6 Å². The average molecular weight is 639 g/mol. The molecule has 3 atom stereocenters. The molecular weight excluding hydrogens is 601 g/mol. The first-order valence-corrected chi connectivity index (χ1v) is 17.5. The number of pyridine rings is 1. The molecule has 12 heteroatoms. The molecule has 0 spiro atoms. The largest absolute Gasteiger partial charge is 0.477 e. The number of thiophene rings is 1. The van der Waals surface area contributed by atoms with Crippen LogP contribution in [0.15, 0.2) is 59.6 Å². The highest BCUT2D eigenvalue weighted by Crippen LogP contribution is 2.42. The van der Waals surface area contributed by atoms with Gasteiger partial charge < -0.3 is 19.6 Å². The zero-order valence-corrected chi connectivity index (χ0v) is 26.6. The molecule has 4 heterocycles. The molecule has 2 aromatic heterocycles. The average Bonchev–Trinajstić information content (AvgIpc) is 3.47. The molecule has 10 nitrogen and oxygen atoms in total. The van der Waals surface area contributed by atoms with E-state index in [1.165, 1.54) is 10.5 Å². The fourth-order valence-corrected chi connectivity index (χ4v) is 9.17. The van der Waals surface area contributed by atoms with Gasteiger partial charge in [0.2, 0.25) is 15.9 Å². The molecule has 234 valence electrons. The van der Waals surface area contributed by atoms with Gasteiger partial charge in [-0.15, -0.1) is 11.3 Å². The minimum absolute atomic E-state index is 0.0346. The van der Waals surface area contributed by atoms with Crippen molar-refractivity contribution < 1.29 is 27.9 Å². The maximum atomic E-state index is 14.0. The topological polar surface area (TPSA) is 120 Å². The Morgan fingerprint density at radius 1 is 1.00 bits per heavy atom. The molecular formula is C32H38N4O6S2. The highest BCUT2D eigenvalue weighted by atomic mass is 32.2. The van der Waals surface area contributed by atoms with Crippen LogP contribution in [0.1, 0.15) is 55.6 Å². The van der Waals surface area contributed by atoms with Gasteiger partial charge in [-0.25, -0.2) is 18.2 Å². The molecule has 44 heavy (non-hydrogen) atoms. The molecule has 2 aliphatic heterocycles. The zero-order chi connectivity index (χ0) is 31.0. The van der Waals surface area contributed by atoms with Crippen LogP contribution in [-0.4, -0.2) is 79.1 Å². The number of carboxylic acid groups (broad SMARTS) is 1. The summed E-state index contributed by atoms with van der Waals surface area (Å²) in [4.78, 5) is 35.4. The van der Waals surface area contributed by atoms with Gasteiger partial charge in [0.25, 0.3) is 0 Å². The van der Waals surface area contributed by atoms with Gasteiger partial charge in [-0.3, -0.25) is 4.79 Å². The summed E-state index contributed by atoms with van der Waals surface area (Å²) in [5, 5.41) is 10.2. The lowest BCUT2D eigenvalue weighted by Gasteiger charge is -2.44. The minimum Gasteiger partial charge on any atom is -0.477 e. The van der Waals surface area contributed by atoms with Gasteiger partial charge in [-0.2, -0.15) is 4.31 Å². The Bertz CT molecular complexity index is 1600. The number of benzene rings is 1. The van der Waals surface area contributed by atoms with Crippen LogP contribution in [-0.2, 0) is 19.6 Å². The van der Waals surface area contributed by atoms with Crippen LogP contribution in [0.3, 0.4) is 0 Å². The number of carboxylic acids is 1. The summed E-state index contributed by atoms with van der Waals surface area (Å²) in [5.41, 5.74) is 1.21. The Balaban J connectivity index is 1.31. The number of morpholine rings is 1. The summed E-state index contributed by atoms with van der Waals surface area (Å²) in [6.45, 7) is 5.04. The predicted octanol–water partition coefficient (Wildman–Crippen LogP) is 5.11. The van der Waals surface area contributed by atoms with E-state index in [1.54, 1.807) is 23.1 Å². The van der Waals surface area contributed by atoms with Crippen LogP contribution in [0.2, 0.25) is 0 Å². The van der Waals surface area contributed by atoms with Crippen molar-refractivity contribution >= 4 is 44.7 Å². The SMILES string of the molecule is C[C@@H]1CN(c2ccc(S(=O)(=O)N3CC(=O)N(c4cc(-c5ccccc5)sc4C(=O)O)C(C4CCCCC4)C3)cn2)C[C@H](C)O1. The zero-order valence-electron chi connectivity index (χ0n) is 25.0. The molecule has 1 unspecified atom stereocenters. The second-order valence-electron chi connectivity index (χ2n) is 12.0. The molecule has 6 rings (SSSR count). The highest BCUT2D eigenvalue weighted by Gasteiger charge is 2.44. The third-order valence-electron chi connectivity index (χ3n) is 8.82. The van der Waals surface area contributed by atoms with Crippen molar-refractivity contribution in [2.24, 2.45) is 5.92 Å². The first kappa shape index (κ1) is 30.7. The molecule has 0 bridgehead atoms. The van der Waals surface area contributed by atoms with Crippen LogP contribution in [0.4, 0.5) is 11.5 Å². The van der Waals surface area contributed by atoms with E-state index >= 15 is 0 Å². The third-order valence-corrected chi connectivity index (χ3v) is 11.8. The molecule has 1 N–H and O–H groups in total. The Labute approximate surface area is 262 Å². The molecule has 3 aliphatic rings. The molecule has 0 radical (unpaired) electrons. The molecule has 1 amide bonds. The second-order valence-corrected chi connectivity index (χ2v) is 15.0. The molecule has 2 saturated heterocycles. The van der Waals surface area contributed by atoms with Gasteiger partial charge in [0.1, 0.15) is 15.6 Å². The van der Waals surface area contributed by atoms with E-state index in [-0.39, 0.29) is 41.0 Å². The summed E-state index contributed by atoms with van der Waals surface area (Å²) in [7, 11) is -4.04. The number of hydrogen-bond donors (Lipinski definition) is 1. The third kappa shape index (κ3) is 6.13. The van der Waals surface area contributed by atoms with Gasteiger partial charge >= 0.3 is 5.97 Å². The number of sulfonamides is 1. The number of ether oxygens (including phenoxy) is 1. The lowest BCUT2D eigenvalue weighted by atomic mass is 9.82. The predicted molar refractivity (Wildman–Crippen MR) is 170 cm³/mol. The van der Waals surface area contributed by atoms with Crippen molar-refractivity contribution in [2.75, 3.05) is 36.0 Å². The lowest BCUT2D eigenvalue weighted by Crippen LogP contribution is -2.60. The summed E-state index contributed by atoms with van der Waals surface area (Å²) < 4.78 is 35.0. The van der Waals surface area contributed by atoms with Crippen molar-refractivity contribution in [3.8, 4) is 10.4 Å². The fraction of sp³-hybridized carbons (Fsp3) is 0.469. The number of piperazine rings is 1. The van der Waals surface area contributed by atoms with E-state index < -0.39 is 27.9 Å². The van der Waals surface area contributed by atoms with Crippen LogP contribution in [0, 0.1) is 5.92 Å². The van der Waals surface area contributed by atoms with Crippen LogP contribution < -0.4 is 9.80 Å². The Morgan fingerprint density at radius 3 is 2.34 bits per heavy atom. The minimum atomic E-state index is -4.04. The van der Waals surface area contributed by atoms with Crippen LogP contribution in [0.5, 0.6) is 0 Å². The molecule has 3 aromatic rings. The molecule has 1 saturated carbocycles. The summed E-state index contributed by atoms with van der Waals surface area (Å²) in [5.74, 6) is -0.790. The Hall–Kier alpha value is -3.32.